The number of likely N-dealkylation sites (tertiary alicyclic amines) is 1. The molecule has 20 heavy (non-hydrogen) atoms. The largest absolute Gasteiger partial charge is 0.465 e. The monoisotopic (exact) mass is 296 g/mol. The minimum Gasteiger partial charge on any atom is -0.465 e. The van der Waals surface area contributed by atoms with E-state index in [1.807, 2.05) is 13.1 Å². The SMILES string of the molecule is CNCC1CCCN1Cc1cc(C(=O)OC)ccc1Cl. The zero-order valence-corrected chi connectivity index (χ0v) is 12.7. The molecule has 1 fully saturated rings. The fourth-order valence-corrected chi connectivity index (χ4v) is 2.91. The molecule has 0 amide bonds. The van der Waals surface area contributed by atoms with E-state index < -0.39 is 0 Å². The summed E-state index contributed by atoms with van der Waals surface area (Å²) >= 11 is 6.25. The van der Waals surface area contributed by atoms with Gasteiger partial charge < -0.3 is 10.1 Å². The van der Waals surface area contributed by atoms with Crippen molar-refractivity contribution in [3.8, 4) is 0 Å². The van der Waals surface area contributed by atoms with Gasteiger partial charge in [-0.1, -0.05) is 11.6 Å². The quantitative estimate of drug-likeness (QED) is 0.847. The second-order valence-corrected chi connectivity index (χ2v) is 5.53. The highest BCUT2D eigenvalue weighted by atomic mass is 35.5. The van der Waals surface area contributed by atoms with Crippen molar-refractivity contribution in [3.63, 3.8) is 0 Å². The first-order valence-electron chi connectivity index (χ1n) is 6.91. The normalized spacial score (nSPS) is 19.2. The third-order valence-electron chi connectivity index (χ3n) is 3.78. The lowest BCUT2D eigenvalue weighted by Gasteiger charge is -2.24. The molecule has 0 radical (unpaired) electrons. The molecule has 1 N–H and O–H groups in total. The number of ether oxygens (including phenoxy) is 1. The lowest BCUT2D eigenvalue weighted by Crippen LogP contribution is -2.36. The van der Waals surface area contributed by atoms with Crippen molar-refractivity contribution >= 4 is 17.6 Å². The van der Waals surface area contributed by atoms with Gasteiger partial charge in [0, 0.05) is 24.2 Å². The van der Waals surface area contributed by atoms with Crippen LogP contribution in [0, 0.1) is 0 Å². The summed E-state index contributed by atoms with van der Waals surface area (Å²) in [5, 5.41) is 3.93. The van der Waals surface area contributed by atoms with Crippen molar-refractivity contribution in [1.29, 1.82) is 0 Å². The second-order valence-electron chi connectivity index (χ2n) is 5.12. The van der Waals surface area contributed by atoms with Crippen LogP contribution in [0.1, 0.15) is 28.8 Å². The number of halogens is 1. The Hall–Kier alpha value is -1.10. The van der Waals surface area contributed by atoms with E-state index in [0.29, 0.717) is 16.6 Å². The number of benzene rings is 1. The second kappa shape index (κ2) is 7.07. The number of hydrogen-bond donors (Lipinski definition) is 1. The maximum absolute atomic E-state index is 11.6. The summed E-state index contributed by atoms with van der Waals surface area (Å²) in [6.07, 6.45) is 2.41. The van der Waals surface area contributed by atoms with Crippen LogP contribution in [0.25, 0.3) is 0 Å². The van der Waals surface area contributed by atoms with E-state index in [2.05, 4.69) is 10.2 Å². The van der Waals surface area contributed by atoms with Crippen molar-refractivity contribution in [3.05, 3.63) is 34.3 Å². The molecule has 110 valence electrons. The molecule has 1 aromatic carbocycles. The summed E-state index contributed by atoms with van der Waals surface area (Å²) in [5.74, 6) is -0.323. The molecule has 1 saturated heterocycles. The average Bonchev–Trinajstić information content (AvgIpc) is 2.88. The molecule has 4 nitrogen and oxygen atoms in total. The summed E-state index contributed by atoms with van der Waals surface area (Å²) in [6, 6.07) is 5.85. The van der Waals surface area contributed by atoms with Gasteiger partial charge in [-0.15, -0.1) is 0 Å². The van der Waals surface area contributed by atoms with Gasteiger partial charge in [0.25, 0.3) is 0 Å². The summed E-state index contributed by atoms with van der Waals surface area (Å²) < 4.78 is 4.76. The molecule has 1 aliphatic rings. The fourth-order valence-electron chi connectivity index (χ4n) is 2.73. The zero-order chi connectivity index (χ0) is 14.5. The molecule has 1 aromatic rings. The van der Waals surface area contributed by atoms with Gasteiger partial charge >= 0.3 is 5.97 Å². The molecule has 1 heterocycles. The first-order chi connectivity index (χ1) is 9.65. The molecule has 2 rings (SSSR count). The van der Waals surface area contributed by atoms with Gasteiger partial charge in [0.1, 0.15) is 0 Å². The maximum atomic E-state index is 11.6. The van der Waals surface area contributed by atoms with E-state index in [4.69, 9.17) is 16.3 Å². The lowest BCUT2D eigenvalue weighted by atomic mass is 10.1. The highest BCUT2D eigenvalue weighted by Gasteiger charge is 2.24. The van der Waals surface area contributed by atoms with Gasteiger partial charge in [-0.3, -0.25) is 4.90 Å². The maximum Gasteiger partial charge on any atom is 0.337 e. The van der Waals surface area contributed by atoms with Crippen molar-refractivity contribution in [2.24, 2.45) is 0 Å². The number of methoxy groups -OCH3 is 1. The van der Waals surface area contributed by atoms with E-state index in [-0.39, 0.29) is 5.97 Å². The van der Waals surface area contributed by atoms with E-state index in [1.165, 1.54) is 20.0 Å². The van der Waals surface area contributed by atoms with Gasteiger partial charge in [0.05, 0.1) is 12.7 Å². The smallest absolute Gasteiger partial charge is 0.337 e. The number of nitrogens with zero attached hydrogens (tertiary/aromatic N) is 1. The van der Waals surface area contributed by atoms with Crippen molar-refractivity contribution in [2.75, 3.05) is 27.2 Å². The minimum atomic E-state index is -0.323. The third-order valence-corrected chi connectivity index (χ3v) is 4.15. The van der Waals surface area contributed by atoms with Crippen LogP contribution in [0.15, 0.2) is 18.2 Å². The van der Waals surface area contributed by atoms with Gasteiger partial charge in [-0.25, -0.2) is 4.79 Å². The van der Waals surface area contributed by atoms with Crippen LogP contribution in [-0.4, -0.2) is 44.2 Å². The van der Waals surface area contributed by atoms with E-state index in [9.17, 15) is 4.79 Å². The van der Waals surface area contributed by atoms with Crippen LogP contribution in [0.2, 0.25) is 5.02 Å². The van der Waals surface area contributed by atoms with Gasteiger partial charge in [-0.05, 0) is 50.2 Å². The predicted octanol–water partition coefficient (Wildman–Crippen LogP) is 2.31. The number of likely N-dealkylation sites (N-methyl/N-ethyl adjacent to an activating group) is 1. The number of carbonyl (C=O) groups excluding carboxylic acids is 1. The predicted molar refractivity (Wildman–Crippen MR) is 80.2 cm³/mol. The summed E-state index contributed by atoms with van der Waals surface area (Å²) in [4.78, 5) is 14.0. The Morgan fingerprint density at radius 1 is 1.55 bits per heavy atom. The lowest BCUT2D eigenvalue weighted by molar-refractivity contribution is 0.0600. The molecule has 1 atom stereocenters. The molecule has 5 heteroatoms. The molecular formula is C15H21ClN2O2. The molecule has 0 aromatic heterocycles. The Labute approximate surface area is 125 Å². The molecule has 0 aliphatic carbocycles. The van der Waals surface area contributed by atoms with Gasteiger partial charge in [0.2, 0.25) is 0 Å². The van der Waals surface area contributed by atoms with Gasteiger partial charge in [0.15, 0.2) is 0 Å². The van der Waals surface area contributed by atoms with Crippen molar-refractivity contribution < 1.29 is 9.53 Å². The van der Waals surface area contributed by atoms with Crippen LogP contribution in [0.5, 0.6) is 0 Å². The van der Waals surface area contributed by atoms with Crippen molar-refractivity contribution in [2.45, 2.75) is 25.4 Å². The number of rotatable bonds is 5. The number of nitrogens with one attached hydrogen (secondary N) is 1. The Bertz CT molecular complexity index is 479. The van der Waals surface area contributed by atoms with Gasteiger partial charge in [-0.2, -0.15) is 0 Å². The summed E-state index contributed by atoms with van der Waals surface area (Å²) in [6.45, 7) is 2.83. The van der Waals surface area contributed by atoms with Crippen LogP contribution >= 0.6 is 11.6 Å². The minimum absolute atomic E-state index is 0.323. The Balaban J connectivity index is 2.13. The molecule has 1 unspecified atom stereocenters. The Morgan fingerprint density at radius 3 is 3.05 bits per heavy atom. The van der Waals surface area contributed by atoms with Crippen LogP contribution in [0.4, 0.5) is 0 Å². The Kier molecular flexibility index (Phi) is 5.40. The molecule has 0 spiro atoms. The first kappa shape index (κ1) is 15.3. The third kappa shape index (κ3) is 3.51. The number of hydrogen-bond acceptors (Lipinski definition) is 4. The standard InChI is InChI=1S/C15H21ClN2O2/c1-17-9-13-4-3-7-18(13)10-12-8-11(15(19)20-2)5-6-14(12)16/h5-6,8,13,17H,3-4,7,9-10H2,1-2H3. The van der Waals surface area contributed by atoms with Crippen LogP contribution in [-0.2, 0) is 11.3 Å². The molecular weight excluding hydrogens is 276 g/mol. The topological polar surface area (TPSA) is 41.6 Å². The zero-order valence-electron chi connectivity index (χ0n) is 12.0. The molecule has 0 bridgehead atoms. The first-order valence-corrected chi connectivity index (χ1v) is 7.29. The molecule has 0 saturated carbocycles. The Morgan fingerprint density at radius 2 is 2.35 bits per heavy atom. The van der Waals surface area contributed by atoms with Crippen LogP contribution < -0.4 is 5.32 Å². The van der Waals surface area contributed by atoms with E-state index >= 15 is 0 Å². The number of esters is 1. The van der Waals surface area contributed by atoms with E-state index in [1.54, 1.807) is 12.1 Å². The van der Waals surface area contributed by atoms with Crippen molar-refractivity contribution in [1.82, 2.24) is 10.2 Å². The van der Waals surface area contributed by atoms with Crippen LogP contribution in [0.3, 0.4) is 0 Å². The van der Waals surface area contributed by atoms with E-state index in [0.717, 1.165) is 25.2 Å². The molecule has 1 aliphatic heterocycles. The summed E-state index contributed by atoms with van der Waals surface area (Å²) in [5.41, 5.74) is 1.54. The highest BCUT2D eigenvalue weighted by Crippen LogP contribution is 2.24. The average molecular weight is 297 g/mol. The summed E-state index contributed by atoms with van der Waals surface area (Å²) in [7, 11) is 3.36. The number of carbonyl (C=O) groups is 1. The highest BCUT2D eigenvalue weighted by molar-refractivity contribution is 6.31. The fraction of sp³-hybridized carbons (Fsp3) is 0.533.